The number of aromatic nitrogens is 1. The van der Waals surface area contributed by atoms with Gasteiger partial charge in [-0.05, 0) is 50.3 Å². The smallest absolute Gasteiger partial charge is 0.311 e. The third-order valence-electron chi connectivity index (χ3n) is 5.16. The van der Waals surface area contributed by atoms with E-state index in [1.54, 1.807) is 0 Å². The second-order valence-corrected chi connectivity index (χ2v) is 7.99. The minimum Gasteiger partial charge on any atom is -0.478 e. The van der Waals surface area contributed by atoms with E-state index in [-0.39, 0.29) is 5.97 Å². The molecule has 0 saturated carbocycles. The van der Waals surface area contributed by atoms with E-state index in [1.165, 1.54) is 7.11 Å². The van der Waals surface area contributed by atoms with Crippen LogP contribution in [0.2, 0.25) is 0 Å². The fourth-order valence-electron chi connectivity index (χ4n) is 3.36. The normalized spacial score (nSPS) is 11.2. The lowest BCUT2D eigenvalue weighted by Crippen LogP contribution is -2.25. The van der Waals surface area contributed by atoms with Crippen LogP contribution in [0.25, 0.3) is 22.4 Å². The van der Waals surface area contributed by atoms with Crippen molar-refractivity contribution in [2.45, 2.75) is 33.1 Å². The van der Waals surface area contributed by atoms with Gasteiger partial charge in [0.05, 0.1) is 24.8 Å². The summed E-state index contributed by atoms with van der Waals surface area (Å²) in [6, 6.07) is 24.4. The lowest BCUT2D eigenvalue weighted by molar-refractivity contribution is -0.151. The topological polar surface area (TPSA) is 48.4 Å². The van der Waals surface area contributed by atoms with Gasteiger partial charge in [-0.2, -0.15) is 0 Å². The van der Waals surface area contributed by atoms with Gasteiger partial charge in [0, 0.05) is 11.6 Å². The molecule has 0 aliphatic heterocycles. The van der Waals surface area contributed by atoms with Gasteiger partial charge in [0.25, 0.3) is 0 Å². The van der Waals surface area contributed by atoms with Crippen LogP contribution in [-0.2, 0) is 9.53 Å². The van der Waals surface area contributed by atoms with Gasteiger partial charge in [0.15, 0.2) is 0 Å². The zero-order chi connectivity index (χ0) is 21.4. The van der Waals surface area contributed by atoms with Gasteiger partial charge in [0.2, 0.25) is 5.88 Å². The molecule has 0 aliphatic carbocycles. The van der Waals surface area contributed by atoms with Gasteiger partial charge in [-0.3, -0.25) is 4.79 Å². The van der Waals surface area contributed by atoms with Crippen molar-refractivity contribution in [1.82, 2.24) is 4.98 Å². The molecule has 0 amide bonds. The highest BCUT2D eigenvalue weighted by atomic mass is 16.5. The fraction of sp³-hybridized carbons (Fsp3) is 0.308. The number of rotatable bonds is 9. The monoisotopic (exact) mass is 403 g/mol. The van der Waals surface area contributed by atoms with Gasteiger partial charge in [-0.25, -0.2) is 4.98 Å². The molecule has 3 rings (SSSR count). The molecule has 30 heavy (non-hydrogen) atoms. The molecule has 0 bridgehead atoms. The van der Waals surface area contributed by atoms with Crippen LogP contribution in [0.5, 0.6) is 5.88 Å². The van der Waals surface area contributed by atoms with Crippen LogP contribution >= 0.6 is 0 Å². The van der Waals surface area contributed by atoms with Crippen LogP contribution in [-0.4, -0.2) is 24.7 Å². The number of carbonyl (C=O) groups is 1. The molecule has 1 heterocycles. The second-order valence-electron chi connectivity index (χ2n) is 7.99. The lowest BCUT2D eigenvalue weighted by Gasteiger charge is -2.21. The van der Waals surface area contributed by atoms with Crippen molar-refractivity contribution in [3.63, 3.8) is 0 Å². The first-order valence-corrected chi connectivity index (χ1v) is 10.3. The van der Waals surface area contributed by atoms with E-state index in [1.807, 2.05) is 56.3 Å². The minimum atomic E-state index is -0.472. The molecule has 0 aliphatic rings. The highest BCUT2D eigenvalue weighted by Gasteiger charge is 2.27. The van der Waals surface area contributed by atoms with Gasteiger partial charge < -0.3 is 9.47 Å². The molecular weight excluding hydrogens is 374 g/mol. The quantitative estimate of drug-likeness (QED) is 0.317. The molecule has 0 atom stereocenters. The Labute approximate surface area is 178 Å². The van der Waals surface area contributed by atoms with Crippen LogP contribution in [0.3, 0.4) is 0 Å². The minimum absolute atomic E-state index is 0.173. The molecule has 0 spiro atoms. The summed E-state index contributed by atoms with van der Waals surface area (Å²) in [5, 5.41) is 0. The average Bonchev–Trinajstić information content (AvgIpc) is 2.79. The third kappa shape index (κ3) is 5.69. The maximum atomic E-state index is 11.8. The number of ether oxygens (including phenoxy) is 2. The van der Waals surface area contributed by atoms with Crippen molar-refractivity contribution >= 4 is 5.97 Å². The van der Waals surface area contributed by atoms with E-state index < -0.39 is 5.41 Å². The first-order valence-electron chi connectivity index (χ1n) is 10.3. The fourth-order valence-corrected chi connectivity index (χ4v) is 3.36. The summed E-state index contributed by atoms with van der Waals surface area (Å²) in [5.74, 6) is 0.440. The molecule has 0 N–H and O–H groups in total. The molecule has 156 valence electrons. The summed E-state index contributed by atoms with van der Waals surface area (Å²) in [5.41, 5.74) is 3.67. The summed E-state index contributed by atoms with van der Waals surface area (Å²) in [6.07, 6.45) is 2.49. The Hall–Kier alpha value is -3.14. The maximum Gasteiger partial charge on any atom is 0.311 e. The molecule has 3 aromatic rings. The molecule has 1 aromatic heterocycles. The lowest BCUT2D eigenvalue weighted by atomic mass is 9.87. The van der Waals surface area contributed by atoms with E-state index in [2.05, 4.69) is 30.3 Å². The molecule has 0 saturated heterocycles. The molecule has 0 unspecified atom stereocenters. The summed E-state index contributed by atoms with van der Waals surface area (Å²) >= 11 is 0. The number of methoxy groups -OCH3 is 1. The SMILES string of the molecule is COC(=O)C(C)(C)CCCCOc1cc(-c2ccccc2)cc(-c2ccccc2)n1. The molecule has 2 aromatic carbocycles. The Morgan fingerprint density at radius 2 is 1.50 bits per heavy atom. The number of esters is 1. The van der Waals surface area contributed by atoms with E-state index in [0.29, 0.717) is 12.5 Å². The molecule has 4 heteroatoms. The Bertz CT molecular complexity index is 895. The van der Waals surface area contributed by atoms with Gasteiger partial charge >= 0.3 is 5.97 Å². The van der Waals surface area contributed by atoms with Gasteiger partial charge in [-0.1, -0.05) is 60.7 Å². The number of nitrogens with zero attached hydrogens (tertiary/aromatic N) is 1. The van der Waals surface area contributed by atoms with Crippen molar-refractivity contribution in [3.05, 3.63) is 72.8 Å². The first kappa shape index (κ1) is 21.6. The number of carbonyl (C=O) groups excluding carboxylic acids is 1. The summed E-state index contributed by atoms with van der Waals surface area (Å²) < 4.78 is 10.9. The summed E-state index contributed by atoms with van der Waals surface area (Å²) in [6.45, 7) is 4.38. The Morgan fingerprint density at radius 3 is 2.13 bits per heavy atom. The van der Waals surface area contributed by atoms with Crippen molar-refractivity contribution in [2.24, 2.45) is 5.41 Å². The number of unbranched alkanes of at least 4 members (excludes halogenated alkanes) is 1. The number of pyridine rings is 1. The highest BCUT2D eigenvalue weighted by molar-refractivity contribution is 5.75. The Morgan fingerprint density at radius 1 is 0.867 bits per heavy atom. The highest BCUT2D eigenvalue weighted by Crippen LogP contribution is 2.29. The van der Waals surface area contributed by atoms with E-state index in [9.17, 15) is 4.79 Å². The zero-order valence-corrected chi connectivity index (χ0v) is 17.9. The third-order valence-corrected chi connectivity index (χ3v) is 5.16. The summed E-state index contributed by atoms with van der Waals surface area (Å²) in [4.78, 5) is 16.5. The van der Waals surface area contributed by atoms with Crippen LogP contribution in [0.4, 0.5) is 0 Å². The number of hydrogen-bond acceptors (Lipinski definition) is 4. The van der Waals surface area contributed by atoms with Crippen LogP contribution in [0, 0.1) is 5.41 Å². The second kappa shape index (κ2) is 10.1. The van der Waals surface area contributed by atoms with E-state index in [0.717, 1.165) is 41.6 Å². The predicted molar refractivity (Wildman–Crippen MR) is 120 cm³/mol. The molecule has 0 radical (unpaired) electrons. The maximum absolute atomic E-state index is 11.8. The van der Waals surface area contributed by atoms with Crippen molar-refractivity contribution in [1.29, 1.82) is 0 Å². The standard InChI is InChI=1S/C26H29NO3/c1-26(2,25(28)29-3)16-10-11-17-30-24-19-22(20-12-6-4-7-13-20)18-23(27-24)21-14-8-5-9-15-21/h4-9,12-15,18-19H,10-11,16-17H2,1-3H3. The molecular formula is C26H29NO3. The van der Waals surface area contributed by atoms with Crippen LogP contribution < -0.4 is 4.74 Å². The van der Waals surface area contributed by atoms with Crippen molar-refractivity contribution < 1.29 is 14.3 Å². The van der Waals surface area contributed by atoms with Gasteiger partial charge in [-0.15, -0.1) is 0 Å². The Kier molecular flexibility index (Phi) is 7.23. The molecule has 0 fully saturated rings. The van der Waals surface area contributed by atoms with E-state index in [4.69, 9.17) is 14.5 Å². The van der Waals surface area contributed by atoms with Crippen LogP contribution in [0.1, 0.15) is 33.1 Å². The van der Waals surface area contributed by atoms with E-state index >= 15 is 0 Å². The molecule has 4 nitrogen and oxygen atoms in total. The summed E-state index contributed by atoms with van der Waals surface area (Å²) in [7, 11) is 1.43. The van der Waals surface area contributed by atoms with Gasteiger partial charge in [0.1, 0.15) is 0 Å². The van der Waals surface area contributed by atoms with Crippen LogP contribution in [0.15, 0.2) is 72.8 Å². The zero-order valence-electron chi connectivity index (χ0n) is 17.9. The Balaban J connectivity index is 1.70. The van der Waals surface area contributed by atoms with Crippen molar-refractivity contribution in [2.75, 3.05) is 13.7 Å². The average molecular weight is 404 g/mol. The first-order chi connectivity index (χ1) is 14.5. The number of benzene rings is 2. The largest absolute Gasteiger partial charge is 0.478 e. The van der Waals surface area contributed by atoms with Crippen molar-refractivity contribution in [3.8, 4) is 28.3 Å². The predicted octanol–water partition coefficient (Wildman–Crippen LogP) is 6.16. The number of hydrogen-bond donors (Lipinski definition) is 0.